The third-order valence-corrected chi connectivity index (χ3v) is 1.20. The van der Waals surface area contributed by atoms with Crippen molar-refractivity contribution >= 4 is 18.1 Å². The minimum Gasteiger partial charge on any atom is -0.324 e. The zero-order valence-corrected chi connectivity index (χ0v) is 10.1. The molecule has 0 spiro atoms. The molecule has 1 rings (SSSR count). The average Bonchev–Trinajstić information content (AvgIpc) is 2.47. The van der Waals surface area contributed by atoms with Gasteiger partial charge in [0.15, 0.2) is 5.75 Å². The summed E-state index contributed by atoms with van der Waals surface area (Å²) in [7, 11) is 0. The first kappa shape index (κ1) is 22.8. The molecule has 13 heteroatoms. The van der Waals surface area contributed by atoms with Gasteiger partial charge in [-0.2, -0.15) is 0 Å². The highest BCUT2D eigenvalue weighted by Crippen LogP contribution is 2.14. The second-order valence-corrected chi connectivity index (χ2v) is 2.14. The van der Waals surface area contributed by atoms with Crippen LogP contribution in [0, 0.1) is 0 Å². The zero-order valence-electron chi connectivity index (χ0n) is 9.31. The molecule has 0 aromatic heterocycles. The number of rotatable bonds is 4. The maximum absolute atomic E-state index is 11.4. The summed E-state index contributed by atoms with van der Waals surface area (Å²) in [5.41, 5.74) is 5.64. The van der Waals surface area contributed by atoms with E-state index in [0.29, 0.717) is 5.69 Å². The van der Waals surface area contributed by atoms with Crippen LogP contribution in [0.25, 0.3) is 0 Å². The Balaban J connectivity index is -0.000000242. The topological polar surface area (TPSA) is 142 Å². The highest BCUT2D eigenvalue weighted by molar-refractivity contribution is 5.85. The lowest BCUT2D eigenvalue weighted by Crippen LogP contribution is -2.17. The summed E-state index contributed by atoms with van der Waals surface area (Å²) in [5, 5.41) is 5.14. The maximum atomic E-state index is 11.4. The van der Waals surface area contributed by atoms with Crippen LogP contribution in [0.2, 0.25) is 0 Å². The molecule has 0 saturated carbocycles. The van der Waals surface area contributed by atoms with E-state index in [2.05, 4.69) is 32.1 Å². The predicted molar refractivity (Wildman–Crippen MR) is 62.3 cm³/mol. The Morgan fingerprint density at radius 3 is 1.42 bits per heavy atom. The van der Waals surface area contributed by atoms with E-state index in [9.17, 15) is 13.6 Å². The van der Waals surface area contributed by atoms with Crippen molar-refractivity contribution in [1.29, 1.82) is 0 Å². The van der Waals surface area contributed by atoms with Gasteiger partial charge in [-0.15, -0.1) is 23.6 Å². The minimum atomic E-state index is 0. The first-order valence-corrected chi connectivity index (χ1v) is 4.01. The van der Waals surface area contributed by atoms with E-state index >= 15 is 0 Å². The van der Waals surface area contributed by atoms with Crippen LogP contribution in [0.15, 0.2) is 24.3 Å². The third-order valence-electron chi connectivity index (χ3n) is 1.20. The van der Waals surface area contributed by atoms with Crippen LogP contribution in [0.3, 0.4) is 0 Å². The molecule has 1 aromatic carbocycles. The molecule has 9 N–H and O–H groups in total. The summed E-state index contributed by atoms with van der Waals surface area (Å²) in [6.07, 6.45) is 0. The predicted octanol–water partition coefficient (Wildman–Crippen LogP) is 0.189. The van der Waals surface area contributed by atoms with Gasteiger partial charge in [-0.3, -0.25) is 10.8 Å². The van der Waals surface area contributed by atoms with E-state index in [1.807, 2.05) is 0 Å². The second-order valence-electron chi connectivity index (χ2n) is 2.14. The summed E-state index contributed by atoms with van der Waals surface area (Å²) >= 11 is 0. The van der Waals surface area contributed by atoms with Gasteiger partial charge in [-0.05, 0) is 33.3 Å². The van der Waals surface area contributed by atoms with E-state index in [-0.39, 0.29) is 18.2 Å². The Morgan fingerprint density at radius 1 is 0.842 bits per heavy atom. The van der Waals surface area contributed by atoms with Gasteiger partial charge in [0.05, 0.1) is 0 Å². The molecule has 1 aromatic rings. The molecule has 0 heterocycles. The molecule has 0 aliphatic carbocycles. The van der Waals surface area contributed by atoms with Crippen molar-refractivity contribution in [2.24, 2.45) is 17.5 Å². The molecule has 0 bridgehead atoms. The Hall–Kier alpha value is -1.38. The Bertz CT molecular complexity index is 242. The summed E-state index contributed by atoms with van der Waals surface area (Å²) in [6.45, 7) is 0. The van der Waals surface area contributed by atoms with Crippen LogP contribution >= 0.6 is 12.4 Å². The van der Waals surface area contributed by atoms with Gasteiger partial charge < -0.3 is 5.43 Å². The van der Waals surface area contributed by atoms with Crippen LogP contribution in [0.4, 0.5) is 19.3 Å². The fraction of sp³-hybridized carbons (Fsp3) is 0. The molecule has 0 saturated heterocycles. The van der Waals surface area contributed by atoms with Crippen molar-refractivity contribution in [1.82, 2.24) is 11.2 Å². The highest BCUT2D eigenvalue weighted by Gasteiger charge is 1.91. The van der Waals surface area contributed by atoms with Crippen molar-refractivity contribution < 1.29 is 28.6 Å². The van der Waals surface area contributed by atoms with E-state index in [0.717, 1.165) is 0 Å². The van der Waals surface area contributed by atoms with Gasteiger partial charge >= 0.3 is 0 Å². The molecule has 0 fully saturated rings. The van der Waals surface area contributed by atoms with Gasteiger partial charge in [-0.25, -0.2) is 11.7 Å². The normalized spacial score (nSPS) is 7.89. The number of hydrogen-bond donors (Lipinski definition) is 6. The van der Waals surface area contributed by atoms with Crippen LogP contribution in [0.1, 0.15) is 0 Å². The number of nitrogens with two attached hydrogens (primary N) is 3. The lowest BCUT2D eigenvalue weighted by atomic mass is 10.3. The van der Waals surface area contributed by atoms with Gasteiger partial charge in [0.25, 0.3) is 0 Å². The van der Waals surface area contributed by atoms with Gasteiger partial charge in [-0.1, -0.05) is 10.1 Å². The molecule has 9 nitrogen and oxygen atoms in total. The molecule has 0 unspecified atom stereocenters. The van der Waals surface area contributed by atoms with Crippen LogP contribution in [0.5, 0.6) is 5.75 Å². The number of nitrogen functional groups attached to an aromatic ring is 1. The van der Waals surface area contributed by atoms with Gasteiger partial charge in [0.1, 0.15) is 0 Å². The fourth-order valence-corrected chi connectivity index (χ4v) is 0.603. The van der Waals surface area contributed by atoms with E-state index in [1.165, 1.54) is 23.3 Å². The van der Waals surface area contributed by atoms with Crippen molar-refractivity contribution in [2.45, 2.75) is 0 Å². The summed E-state index contributed by atoms with van der Waals surface area (Å²) in [5.74, 6) is 13.6. The number of benzene rings is 1. The second kappa shape index (κ2) is 19.0. The lowest BCUT2D eigenvalue weighted by Gasteiger charge is -1.97. The quantitative estimate of drug-likeness (QED) is 0.339. The van der Waals surface area contributed by atoms with Gasteiger partial charge in [0, 0.05) is 10.2 Å². The van der Waals surface area contributed by atoms with Crippen LogP contribution in [-0.2, 0) is 10.1 Å². The van der Waals surface area contributed by atoms with E-state index in [1.54, 1.807) is 12.1 Å². The van der Waals surface area contributed by atoms with Crippen molar-refractivity contribution in [3.63, 3.8) is 0 Å². The number of hydrazine groups is 3. The smallest absolute Gasteiger partial charge is 0.172 e. The van der Waals surface area contributed by atoms with Crippen LogP contribution in [-0.4, -0.2) is 0 Å². The van der Waals surface area contributed by atoms with E-state index in [4.69, 9.17) is 5.84 Å². The Labute approximate surface area is 112 Å². The lowest BCUT2D eigenvalue weighted by molar-refractivity contribution is -0.193. The number of halogens is 4. The molecule has 19 heavy (non-hydrogen) atoms. The summed E-state index contributed by atoms with van der Waals surface area (Å²) in [4.78, 5) is 3.45. The van der Waals surface area contributed by atoms with Crippen molar-refractivity contribution in [3.8, 4) is 5.75 Å². The first-order chi connectivity index (χ1) is 8.69. The summed E-state index contributed by atoms with van der Waals surface area (Å²) < 4.78 is 31.4. The molecule has 0 aliphatic rings. The Kier molecular flexibility index (Phi) is 22.7. The number of hydrogen-bond acceptors (Lipinski definition) is 9. The molecule has 0 amide bonds. The first-order valence-electron chi connectivity index (χ1n) is 4.01. The molecule has 0 aliphatic heterocycles. The largest absolute Gasteiger partial charge is 0.324 e. The van der Waals surface area contributed by atoms with Crippen molar-refractivity contribution in [2.75, 3.05) is 5.43 Å². The number of anilines is 1. The molecular weight excluding hydrogens is 297 g/mol. The zero-order chi connectivity index (χ0) is 14.2. The SMILES string of the molecule is Cl.NNOF.NNOF.NNc1ccc(OF)cc1. The molecular formula is C6H14ClF3N6O3. The van der Waals surface area contributed by atoms with Crippen LogP contribution < -0.4 is 39.1 Å². The van der Waals surface area contributed by atoms with Gasteiger partial charge in [0.2, 0.25) is 0 Å². The minimum absolute atomic E-state index is 0. The molecule has 0 atom stereocenters. The van der Waals surface area contributed by atoms with Crippen molar-refractivity contribution in [3.05, 3.63) is 24.3 Å². The third kappa shape index (κ3) is 16.6. The molecule has 114 valence electrons. The average molecular weight is 311 g/mol. The monoisotopic (exact) mass is 310 g/mol. The number of nitrogens with one attached hydrogen (secondary N) is 3. The summed E-state index contributed by atoms with van der Waals surface area (Å²) in [6, 6.07) is 6.15. The van der Waals surface area contributed by atoms with E-state index < -0.39 is 0 Å². The maximum Gasteiger partial charge on any atom is 0.172 e. The Morgan fingerprint density at radius 2 is 1.21 bits per heavy atom. The highest BCUT2D eigenvalue weighted by atomic mass is 35.5. The molecule has 0 radical (unpaired) electrons. The fourth-order valence-electron chi connectivity index (χ4n) is 0.603. The standard InChI is InChI=1S/C6H7FN2O.ClH.2FH3N2O/c7-10-6-3-1-5(9-8)2-4-6;;2*1-4-3-2/h1-4,9H,8H2;1H;2*3H,2H2.